The lowest BCUT2D eigenvalue weighted by Gasteiger charge is -2.25. The molecule has 0 aliphatic carbocycles. The Morgan fingerprint density at radius 2 is 1.70 bits per heavy atom. The number of thioether (sulfide) groups is 1. The smallest absolute Gasteiger partial charge is 0.238 e. The van der Waals surface area contributed by atoms with Crippen molar-refractivity contribution in [1.82, 2.24) is 0 Å². The van der Waals surface area contributed by atoms with Crippen molar-refractivity contribution in [2.45, 2.75) is 5.37 Å². The van der Waals surface area contributed by atoms with Crippen LogP contribution in [0.2, 0.25) is 5.02 Å². The van der Waals surface area contributed by atoms with Gasteiger partial charge in [0, 0.05) is 10.7 Å². The Balaban J connectivity index is 1.83. The Morgan fingerprint density at radius 3 is 2.52 bits per heavy atom. The van der Waals surface area contributed by atoms with Gasteiger partial charge in [0.1, 0.15) is 5.37 Å². The number of fused-ring (bicyclic) bond motifs is 1. The first kappa shape index (κ1) is 14.6. The average molecular weight is 340 g/mol. The first-order chi connectivity index (χ1) is 11.2. The molecule has 0 N–H and O–H groups in total. The highest BCUT2D eigenvalue weighted by molar-refractivity contribution is 8.00. The normalized spacial score (nSPS) is 17.9. The lowest BCUT2D eigenvalue weighted by molar-refractivity contribution is -0.115. The third-order valence-corrected chi connectivity index (χ3v) is 5.51. The minimum Gasteiger partial charge on any atom is -0.295 e. The number of nitrogens with zero attached hydrogens (tertiary/aromatic N) is 1. The van der Waals surface area contributed by atoms with Crippen molar-refractivity contribution in [3.05, 3.63) is 77.3 Å². The van der Waals surface area contributed by atoms with Crippen LogP contribution in [0.1, 0.15) is 10.9 Å². The number of amides is 1. The van der Waals surface area contributed by atoms with E-state index in [1.807, 2.05) is 41.3 Å². The van der Waals surface area contributed by atoms with Crippen LogP contribution in [-0.2, 0) is 4.79 Å². The molecule has 0 aromatic heterocycles. The fourth-order valence-corrected chi connectivity index (χ4v) is 4.34. The number of halogens is 1. The quantitative estimate of drug-likeness (QED) is 0.633. The van der Waals surface area contributed by atoms with Crippen molar-refractivity contribution in [2.24, 2.45) is 0 Å². The summed E-state index contributed by atoms with van der Waals surface area (Å²) in [5.74, 6) is 0.631. The summed E-state index contributed by atoms with van der Waals surface area (Å²) in [6.45, 7) is 0. The van der Waals surface area contributed by atoms with Gasteiger partial charge in [-0.3, -0.25) is 9.69 Å². The van der Waals surface area contributed by atoms with Crippen molar-refractivity contribution >= 4 is 45.7 Å². The molecule has 0 radical (unpaired) electrons. The molecule has 3 aromatic carbocycles. The van der Waals surface area contributed by atoms with E-state index >= 15 is 0 Å². The summed E-state index contributed by atoms with van der Waals surface area (Å²) in [7, 11) is 0. The average Bonchev–Trinajstić information content (AvgIpc) is 2.96. The van der Waals surface area contributed by atoms with Crippen LogP contribution in [0, 0.1) is 0 Å². The zero-order chi connectivity index (χ0) is 15.8. The third-order valence-electron chi connectivity index (χ3n) is 4.06. The molecule has 4 rings (SSSR count). The second kappa shape index (κ2) is 5.91. The molecule has 1 unspecified atom stereocenters. The van der Waals surface area contributed by atoms with Gasteiger partial charge < -0.3 is 0 Å². The molecule has 1 aliphatic heterocycles. The van der Waals surface area contributed by atoms with Crippen molar-refractivity contribution in [2.75, 3.05) is 10.7 Å². The molecule has 114 valence electrons. The number of hydrogen-bond acceptors (Lipinski definition) is 2. The molecule has 1 aliphatic rings. The molecule has 23 heavy (non-hydrogen) atoms. The molecule has 1 fully saturated rings. The van der Waals surface area contributed by atoms with Gasteiger partial charge in [0.25, 0.3) is 0 Å². The summed E-state index contributed by atoms with van der Waals surface area (Å²) < 4.78 is 0. The first-order valence-electron chi connectivity index (χ1n) is 7.41. The number of hydrogen-bond donors (Lipinski definition) is 0. The number of carbonyl (C=O) groups is 1. The van der Waals surface area contributed by atoms with Gasteiger partial charge in [0.15, 0.2) is 0 Å². The van der Waals surface area contributed by atoms with Gasteiger partial charge >= 0.3 is 0 Å². The largest absolute Gasteiger partial charge is 0.295 e. The van der Waals surface area contributed by atoms with Crippen molar-refractivity contribution in [3.63, 3.8) is 0 Å². The molecule has 0 saturated carbocycles. The minimum absolute atomic E-state index is 0.00484. The highest BCUT2D eigenvalue weighted by Crippen LogP contribution is 2.44. The zero-order valence-electron chi connectivity index (χ0n) is 12.3. The number of benzene rings is 3. The van der Waals surface area contributed by atoms with E-state index in [2.05, 4.69) is 30.3 Å². The van der Waals surface area contributed by atoms with Crippen LogP contribution in [0.3, 0.4) is 0 Å². The molecule has 1 amide bonds. The van der Waals surface area contributed by atoms with E-state index < -0.39 is 0 Å². The van der Waals surface area contributed by atoms with Gasteiger partial charge in [-0.05, 0) is 40.6 Å². The molecule has 0 bridgehead atoms. The highest BCUT2D eigenvalue weighted by atomic mass is 35.5. The highest BCUT2D eigenvalue weighted by Gasteiger charge is 2.34. The van der Waals surface area contributed by atoms with Gasteiger partial charge in [-0.1, -0.05) is 54.1 Å². The molecule has 1 saturated heterocycles. The minimum atomic E-state index is -0.00484. The van der Waals surface area contributed by atoms with E-state index in [0.29, 0.717) is 10.8 Å². The molecule has 1 heterocycles. The van der Waals surface area contributed by atoms with E-state index in [4.69, 9.17) is 11.6 Å². The predicted octanol–water partition coefficient (Wildman–Crippen LogP) is 5.27. The van der Waals surface area contributed by atoms with E-state index in [-0.39, 0.29) is 11.3 Å². The van der Waals surface area contributed by atoms with Gasteiger partial charge in [-0.15, -0.1) is 11.8 Å². The van der Waals surface area contributed by atoms with Crippen molar-refractivity contribution < 1.29 is 4.79 Å². The third kappa shape index (κ3) is 2.60. The van der Waals surface area contributed by atoms with Crippen LogP contribution < -0.4 is 4.90 Å². The maximum atomic E-state index is 12.5. The van der Waals surface area contributed by atoms with Crippen LogP contribution in [0.5, 0.6) is 0 Å². The fourth-order valence-electron chi connectivity index (χ4n) is 3.00. The zero-order valence-corrected chi connectivity index (χ0v) is 13.8. The molecular weight excluding hydrogens is 326 g/mol. The summed E-state index contributed by atoms with van der Waals surface area (Å²) in [4.78, 5) is 14.3. The maximum absolute atomic E-state index is 12.5. The van der Waals surface area contributed by atoms with E-state index in [1.165, 1.54) is 16.3 Å². The molecule has 1 atom stereocenters. The summed E-state index contributed by atoms with van der Waals surface area (Å²) in [6.07, 6.45) is 0. The molecule has 0 spiro atoms. The van der Waals surface area contributed by atoms with Gasteiger partial charge in [-0.25, -0.2) is 0 Å². The summed E-state index contributed by atoms with van der Waals surface area (Å²) in [5.41, 5.74) is 2.07. The summed E-state index contributed by atoms with van der Waals surface area (Å²) in [5, 5.41) is 3.06. The van der Waals surface area contributed by atoms with Gasteiger partial charge in [0.05, 0.1) is 5.75 Å². The number of rotatable bonds is 2. The van der Waals surface area contributed by atoms with Crippen LogP contribution >= 0.6 is 23.4 Å². The Labute approximate surface area is 144 Å². The Kier molecular flexibility index (Phi) is 3.76. The predicted molar refractivity (Wildman–Crippen MR) is 98.1 cm³/mol. The lowest BCUT2D eigenvalue weighted by Crippen LogP contribution is -2.27. The van der Waals surface area contributed by atoms with E-state index in [9.17, 15) is 4.79 Å². The number of anilines is 1. The molecule has 2 nitrogen and oxygen atoms in total. The Hall–Kier alpha value is -1.97. The topological polar surface area (TPSA) is 20.3 Å². The lowest BCUT2D eigenvalue weighted by atomic mass is 10.0. The van der Waals surface area contributed by atoms with Gasteiger partial charge in [0.2, 0.25) is 5.91 Å². The summed E-state index contributed by atoms with van der Waals surface area (Å²) in [6, 6.07) is 22.0. The Bertz CT molecular complexity index is 873. The Morgan fingerprint density at radius 1 is 0.957 bits per heavy atom. The summed E-state index contributed by atoms with van der Waals surface area (Å²) >= 11 is 7.65. The van der Waals surface area contributed by atoms with Crippen LogP contribution in [0.15, 0.2) is 66.7 Å². The fraction of sp³-hybridized carbons (Fsp3) is 0.105. The van der Waals surface area contributed by atoms with Crippen LogP contribution in [-0.4, -0.2) is 11.7 Å². The monoisotopic (exact) mass is 339 g/mol. The SMILES string of the molecule is O=C1CSC(c2cccc3ccccc23)N1c1ccc(Cl)cc1. The molecular formula is C19H14ClNOS. The molecule has 4 heteroatoms. The van der Waals surface area contributed by atoms with E-state index in [1.54, 1.807) is 11.8 Å². The maximum Gasteiger partial charge on any atom is 0.238 e. The second-order valence-electron chi connectivity index (χ2n) is 5.47. The van der Waals surface area contributed by atoms with Crippen molar-refractivity contribution in [3.8, 4) is 0 Å². The second-order valence-corrected chi connectivity index (χ2v) is 6.98. The first-order valence-corrected chi connectivity index (χ1v) is 8.83. The molecule has 3 aromatic rings. The number of carbonyl (C=O) groups excluding carboxylic acids is 1. The van der Waals surface area contributed by atoms with Gasteiger partial charge in [-0.2, -0.15) is 0 Å². The van der Waals surface area contributed by atoms with Crippen LogP contribution in [0.25, 0.3) is 10.8 Å². The van der Waals surface area contributed by atoms with E-state index in [0.717, 1.165) is 5.69 Å². The standard InChI is InChI=1S/C19H14ClNOS/c20-14-8-10-15(11-9-14)21-18(22)12-23-19(21)17-7-3-5-13-4-1-2-6-16(13)17/h1-11,19H,12H2. The van der Waals surface area contributed by atoms with Crippen molar-refractivity contribution in [1.29, 1.82) is 0 Å². The van der Waals surface area contributed by atoms with Crippen LogP contribution in [0.4, 0.5) is 5.69 Å².